The number of benzene rings is 1. The summed E-state index contributed by atoms with van der Waals surface area (Å²) in [6, 6.07) is 5.75. The molecule has 29 heavy (non-hydrogen) atoms. The highest BCUT2D eigenvalue weighted by Gasteiger charge is 2.31. The van der Waals surface area contributed by atoms with E-state index in [2.05, 4.69) is 15.0 Å². The first-order chi connectivity index (χ1) is 13.6. The fraction of sp³-hybridized carbons (Fsp3) is 0.235. The van der Waals surface area contributed by atoms with Gasteiger partial charge in [-0.2, -0.15) is 13.2 Å². The molecule has 1 aliphatic rings. The van der Waals surface area contributed by atoms with Gasteiger partial charge in [0.25, 0.3) is 0 Å². The van der Waals surface area contributed by atoms with Crippen molar-refractivity contribution in [2.45, 2.75) is 6.18 Å². The van der Waals surface area contributed by atoms with E-state index < -0.39 is 21.8 Å². The summed E-state index contributed by atoms with van der Waals surface area (Å²) in [5.74, 6) is 1.14. The third kappa shape index (κ3) is 5.75. The van der Waals surface area contributed by atoms with Crippen molar-refractivity contribution < 1.29 is 31.1 Å². The van der Waals surface area contributed by atoms with Crippen molar-refractivity contribution in [3.8, 4) is 11.5 Å². The maximum atomic E-state index is 12.6. The summed E-state index contributed by atoms with van der Waals surface area (Å²) in [5.41, 5.74) is -0.360. The fourth-order valence-corrected chi connectivity index (χ4v) is 3.38. The number of rotatable bonds is 7. The van der Waals surface area contributed by atoms with Crippen molar-refractivity contribution in [2.24, 2.45) is 0 Å². The average Bonchev–Trinajstić information content (AvgIpc) is 3.11. The number of fused-ring (bicyclic) bond motifs is 1. The van der Waals surface area contributed by atoms with Gasteiger partial charge in [0.15, 0.2) is 11.5 Å². The topological polar surface area (TPSA) is 89.6 Å². The van der Waals surface area contributed by atoms with Crippen LogP contribution in [0.1, 0.15) is 11.1 Å². The van der Waals surface area contributed by atoms with Gasteiger partial charge in [-0.25, -0.2) is 18.1 Å². The lowest BCUT2D eigenvalue weighted by Gasteiger charge is -2.11. The molecule has 2 N–H and O–H groups in total. The number of hydrogen-bond acceptors (Lipinski definition) is 6. The normalized spacial score (nSPS) is 13.8. The average molecular weight is 450 g/mol. The van der Waals surface area contributed by atoms with Crippen LogP contribution in [-0.2, 0) is 16.2 Å². The highest BCUT2D eigenvalue weighted by Crippen LogP contribution is 2.33. The first-order valence-electron chi connectivity index (χ1n) is 8.18. The maximum absolute atomic E-state index is 12.6. The standard InChI is InChI=1S/C17H15ClF3N3O4S/c18-13-8-12(17(19,20)21)9-23-16(13)22-4-5-24-29(25,26)6-3-11-1-2-14-15(7-11)28-10-27-14/h1-3,6-9,24H,4-5,10H2,(H,22,23). The number of nitrogens with zero attached hydrogens (tertiary/aromatic N) is 1. The summed E-state index contributed by atoms with van der Waals surface area (Å²) in [5, 5.41) is 3.45. The zero-order valence-corrected chi connectivity index (χ0v) is 16.2. The van der Waals surface area contributed by atoms with E-state index in [1.54, 1.807) is 18.2 Å². The van der Waals surface area contributed by atoms with E-state index in [4.69, 9.17) is 21.1 Å². The highest BCUT2D eigenvalue weighted by atomic mass is 35.5. The summed E-state index contributed by atoms with van der Waals surface area (Å²) in [6.45, 7) is 0.148. The van der Waals surface area contributed by atoms with E-state index >= 15 is 0 Å². The molecule has 3 rings (SSSR count). The van der Waals surface area contributed by atoms with Crippen molar-refractivity contribution in [1.29, 1.82) is 0 Å². The van der Waals surface area contributed by atoms with Crippen LogP contribution in [0, 0.1) is 0 Å². The predicted octanol–water partition coefficient (Wildman–Crippen LogP) is 3.48. The molecule has 1 aliphatic heterocycles. The number of sulfonamides is 1. The van der Waals surface area contributed by atoms with Crippen LogP contribution in [0.25, 0.3) is 6.08 Å². The lowest BCUT2D eigenvalue weighted by Crippen LogP contribution is -2.27. The van der Waals surface area contributed by atoms with Gasteiger partial charge < -0.3 is 14.8 Å². The number of anilines is 1. The van der Waals surface area contributed by atoms with Crippen LogP contribution < -0.4 is 19.5 Å². The Hall–Kier alpha value is -2.50. The summed E-state index contributed by atoms with van der Waals surface area (Å²) in [7, 11) is -3.73. The molecule has 7 nitrogen and oxygen atoms in total. The minimum absolute atomic E-state index is 0.0229. The Morgan fingerprint density at radius 2 is 1.93 bits per heavy atom. The minimum atomic E-state index is -4.55. The van der Waals surface area contributed by atoms with Crippen LogP contribution in [0.2, 0.25) is 5.02 Å². The zero-order chi connectivity index (χ0) is 21.1. The van der Waals surface area contributed by atoms with E-state index in [9.17, 15) is 21.6 Å². The zero-order valence-electron chi connectivity index (χ0n) is 14.7. The van der Waals surface area contributed by atoms with Crippen LogP contribution in [0.5, 0.6) is 11.5 Å². The van der Waals surface area contributed by atoms with Gasteiger partial charge >= 0.3 is 6.18 Å². The maximum Gasteiger partial charge on any atom is 0.417 e. The molecule has 1 aromatic carbocycles. The van der Waals surface area contributed by atoms with Crippen molar-refractivity contribution in [1.82, 2.24) is 9.71 Å². The number of aromatic nitrogens is 1. The second-order valence-electron chi connectivity index (χ2n) is 5.83. The Morgan fingerprint density at radius 3 is 2.66 bits per heavy atom. The molecule has 0 unspecified atom stereocenters. The van der Waals surface area contributed by atoms with Gasteiger partial charge in [-0.05, 0) is 29.8 Å². The monoisotopic (exact) mass is 449 g/mol. The molecule has 0 atom stereocenters. The summed E-state index contributed by atoms with van der Waals surface area (Å²) in [6.07, 6.45) is -2.51. The van der Waals surface area contributed by atoms with Gasteiger partial charge in [0.05, 0.1) is 10.6 Å². The molecule has 2 aromatic rings. The Bertz CT molecular complexity index is 1030. The van der Waals surface area contributed by atoms with Crippen LogP contribution in [-0.4, -0.2) is 33.3 Å². The fourth-order valence-electron chi connectivity index (χ4n) is 2.33. The molecular formula is C17H15ClF3N3O4S. The van der Waals surface area contributed by atoms with Gasteiger partial charge in [0.2, 0.25) is 16.8 Å². The molecule has 1 aromatic heterocycles. The van der Waals surface area contributed by atoms with E-state index in [-0.39, 0.29) is 30.7 Å². The molecule has 0 amide bonds. The molecule has 12 heteroatoms. The second kappa shape index (κ2) is 8.47. The largest absolute Gasteiger partial charge is 0.454 e. The number of pyridine rings is 1. The Labute approximate surface area is 169 Å². The molecule has 0 saturated heterocycles. The van der Waals surface area contributed by atoms with Gasteiger partial charge in [0, 0.05) is 24.7 Å². The Morgan fingerprint density at radius 1 is 1.17 bits per heavy atom. The Kier molecular flexibility index (Phi) is 6.20. The molecule has 0 bridgehead atoms. The Balaban J connectivity index is 1.51. The van der Waals surface area contributed by atoms with Crippen LogP contribution in [0.3, 0.4) is 0 Å². The quantitative estimate of drug-likeness (QED) is 0.629. The first-order valence-corrected chi connectivity index (χ1v) is 10.1. The lowest BCUT2D eigenvalue weighted by atomic mass is 10.2. The third-order valence-corrected chi connectivity index (χ3v) is 5.11. The van der Waals surface area contributed by atoms with Gasteiger partial charge in [-0.1, -0.05) is 17.7 Å². The summed E-state index contributed by atoms with van der Waals surface area (Å²) in [4.78, 5) is 3.61. The third-order valence-electron chi connectivity index (χ3n) is 3.73. The van der Waals surface area contributed by atoms with Crippen LogP contribution in [0.4, 0.5) is 19.0 Å². The van der Waals surface area contributed by atoms with E-state index in [0.717, 1.165) is 11.5 Å². The molecule has 2 heterocycles. The van der Waals surface area contributed by atoms with Gasteiger partial charge in [-0.15, -0.1) is 0 Å². The van der Waals surface area contributed by atoms with Crippen molar-refractivity contribution in [3.05, 3.63) is 52.0 Å². The number of hydrogen-bond donors (Lipinski definition) is 2. The summed E-state index contributed by atoms with van der Waals surface area (Å²) >= 11 is 5.77. The van der Waals surface area contributed by atoms with Gasteiger partial charge in [0.1, 0.15) is 5.82 Å². The second-order valence-corrected chi connectivity index (χ2v) is 7.89. The van der Waals surface area contributed by atoms with E-state index in [1.165, 1.54) is 6.08 Å². The van der Waals surface area contributed by atoms with Crippen LogP contribution in [0.15, 0.2) is 35.9 Å². The number of halogens is 4. The lowest BCUT2D eigenvalue weighted by molar-refractivity contribution is -0.137. The SMILES string of the molecule is O=S(=O)(C=Cc1ccc2c(c1)OCO2)NCCNc1ncc(C(F)(F)F)cc1Cl. The number of alkyl halides is 3. The molecule has 0 fully saturated rings. The molecule has 0 saturated carbocycles. The van der Waals surface area contributed by atoms with Gasteiger partial charge in [-0.3, -0.25) is 0 Å². The molecule has 0 radical (unpaired) electrons. The van der Waals surface area contributed by atoms with Crippen LogP contribution >= 0.6 is 11.6 Å². The molecule has 0 aliphatic carbocycles. The van der Waals surface area contributed by atoms with Crippen molar-refractivity contribution >= 4 is 33.5 Å². The first kappa shape index (κ1) is 21.2. The van der Waals surface area contributed by atoms with E-state index in [0.29, 0.717) is 23.3 Å². The summed E-state index contributed by atoms with van der Waals surface area (Å²) < 4.78 is 74.5. The van der Waals surface area contributed by atoms with Crippen molar-refractivity contribution in [2.75, 3.05) is 25.2 Å². The number of nitrogens with one attached hydrogen (secondary N) is 2. The van der Waals surface area contributed by atoms with Crippen molar-refractivity contribution in [3.63, 3.8) is 0 Å². The predicted molar refractivity (Wildman–Crippen MR) is 101 cm³/mol. The smallest absolute Gasteiger partial charge is 0.417 e. The molecule has 0 spiro atoms. The van der Waals surface area contributed by atoms with E-state index in [1.807, 2.05) is 0 Å². The minimum Gasteiger partial charge on any atom is -0.454 e. The number of ether oxygens (including phenoxy) is 2. The molecular weight excluding hydrogens is 435 g/mol. The highest BCUT2D eigenvalue weighted by molar-refractivity contribution is 7.92. The molecule has 156 valence electrons.